The van der Waals surface area contributed by atoms with Gasteiger partial charge in [0, 0.05) is 12.1 Å². The lowest BCUT2D eigenvalue weighted by Gasteiger charge is -2.21. The van der Waals surface area contributed by atoms with Gasteiger partial charge in [0.1, 0.15) is 5.75 Å². The number of anilines is 1. The number of ether oxygens (including phenoxy) is 1. The number of halogens is 1. The van der Waals surface area contributed by atoms with E-state index in [9.17, 15) is 4.79 Å². The second kappa shape index (κ2) is 10.1. The Morgan fingerprint density at radius 3 is 2.38 bits per heavy atom. The molecule has 0 spiro atoms. The van der Waals surface area contributed by atoms with Crippen LogP contribution in [0.25, 0.3) is 10.2 Å². The van der Waals surface area contributed by atoms with E-state index in [2.05, 4.69) is 30.9 Å². The first kappa shape index (κ1) is 23.1. The van der Waals surface area contributed by atoms with Gasteiger partial charge in [-0.1, -0.05) is 17.4 Å². The molecular weight excluding hydrogens is 406 g/mol. The number of thiazole rings is 1. The van der Waals surface area contributed by atoms with E-state index in [-0.39, 0.29) is 18.3 Å². The van der Waals surface area contributed by atoms with E-state index in [1.165, 1.54) is 11.1 Å². The molecule has 0 fully saturated rings. The molecule has 0 aliphatic carbocycles. The molecule has 0 bridgehead atoms. The maximum atomic E-state index is 13.3. The fourth-order valence-corrected chi connectivity index (χ4v) is 4.10. The molecule has 156 valence electrons. The third-order valence-electron chi connectivity index (χ3n) is 4.87. The van der Waals surface area contributed by atoms with Crippen molar-refractivity contribution in [3.8, 4) is 5.75 Å². The van der Waals surface area contributed by atoms with Gasteiger partial charge >= 0.3 is 0 Å². The van der Waals surface area contributed by atoms with Crippen molar-refractivity contribution in [3.05, 3.63) is 53.1 Å². The Morgan fingerprint density at radius 2 is 1.76 bits per heavy atom. The van der Waals surface area contributed by atoms with Crippen LogP contribution in [0.5, 0.6) is 5.75 Å². The number of amides is 1. The lowest BCUT2D eigenvalue weighted by molar-refractivity contribution is 0.0986. The standard InChI is InChI=1S/C22H27N3O2S.ClH/c1-15-7-12-19-20(16(15)2)23-22(28-19)25(14-6-13-24(3)4)21(26)17-8-10-18(27-5)11-9-17;/h7-12H,6,13-14H2,1-5H3;1H. The summed E-state index contributed by atoms with van der Waals surface area (Å²) in [5.41, 5.74) is 4.01. The van der Waals surface area contributed by atoms with Gasteiger partial charge in [0.05, 0.1) is 17.3 Å². The van der Waals surface area contributed by atoms with Gasteiger partial charge in [-0.15, -0.1) is 12.4 Å². The molecule has 0 atom stereocenters. The first-order chi connectivity index (χ1) is 13.4. The van der Waals surface area contributed by atoms with Gasteiger partial charge in [0.15, 0.2) is 5.13 Å². The van der Waals surface area contributed by atoms with Crippen LogP contribution in [0.2, 0.25) is 0 Å². The minimum atomic E-state index is -0.0326. The van der Waals surface area contributed by atoms with Gasteiger partial charge < -0.3 is 9.64 Å². The second-order valence-corrected chi connectivity index (χ2v) is 8.20. The monoisotopic (exact) mass is 433 g/mol. The van der Waals surface area contributed by atoms with Crippen molar-refractivity contribution in [2.75, 3.05) is 39.2 Å². The summed E-state index contributed by atoms with van der Waals surface area (Å²) in [6.45, 7) is 5.71. The molecule has 29 heavy (non-hydrogen) atoms. The van der Waals surface area contributed by atoms with Gasteiger partial charge in [-0.3, -0.25) is 9.69 Å². The van der Waals surface area contributed by atoms with Crippen molar-refractivity contribution in [1.29, 1.82) is 0 Å². The predicted molar refractivity (Wildman–Crippen MR) is 124 cm³/mol. The highest BCUT2D eigenvalue weighted by molar-refractivity contribution is 7.22. The molecule has 0 aliphatic rings. The number of carbonyl (C=O) groups is 1. The van der Waals surface area contributed by atoms with E-state index in [0.29, 0.717) is 12.1 Å². The molecule has 0 radical (unpaired) electrons. The number of benzene rings is 2. The Labute approximate surface area is 182 Å². The summed E-state index contributed by atoms with van der Waals surface area (Å²) in [7, 11) is 5.70. The van der Waals surface area contributed by atoms with E-state index in [4.69, 9.17) is 9.72 Å². The number of carbonyl (C=O) groups excluding carboxylic acids is 1. The van der Waals surface area contributed by atoms with Gasteiger partial charge in [-0.25, -0.2) is 4.98 Å². The summed E-state index contributed by atoms with van der Waals surface area (Å²) < 4.78 is 6.32. The second-order valence-electron chi connectivity index (χ2n) is 7.19. The third kappa shape index (κ3) is 5.26. The van der Waals surface area contributed by atoms with Crippen LogP contribution in [0.1, 0.15) is 27.9 Å². The molecule has 0 saturated carbocycles. The Bertz CT molecular complexity index is 970. The largest absolute Gasteiger partial charge is 0.497 e. The van der Waals surface area contributed by atoms with E-state index in [0.717, 1.165) is 34.1 Å². The number of methoxy groups -OCH3 is 1. The minimum Gasteiger partial charge on any atom is -0.497 e. The molecule has 7 heteroatoms. The number of aryl methyl sites for hydroxylation is 2. The number of hydrogen-bond acceptors (Lipinski definition) is 5. The maximum absolute atomic E-state index is 13.3. The van der Waals surface area contributed by atoms with Crippen molar-refractivity contribution in [1.82, 2.24) is 9.88 Å². The summed E-state index contributed by atoms with van der Waals surface area (Å²) in [5, 5.41) is 0.753. The van der Waals surface area contributed by atoms with Gasteiger partial charge in [0.2, 0.25) is 0 Å². The summed E-state index contributed by atoms with van der Waals surface area (Å²) in [6.07, 6.45) is 0.878. The molecular formula is C22H28ClN3O2S. The van der Waals surface area contributed by atoms with Crippen LogP contribution in [0.3, 0.4) is 0 Å². The van der Waals surface area contributed by atoms with Gasteiger partial charge in [-0.2, -0.15) is 0 Å². The minimum absolute atomic E-state index is 0. The van der Waals surface area contributed by atoms with Crippen LogP contribution in [-0.4, -0.2) is 50.1 Å². The lowest BCUT2D eigenvalue weighted by Crippen LogP contribution is -2.33. The smallest absolute Gasteiger partial charge is 0.260 e. The average Bonchev–Trinajstić information content (AvgIpc) is 3.12. The molecule has 1 aromatic heterocycles. The maximum Gasteiger partial charge on any atom is 0.260 e. The molecule has 0 saturated heterocycles. The fraction of sp³-hybridized carbons (Fsp3) is 0.364. The molecule has 0 unspecified atom stereocenters. The molecule has 3 rings (SSSR count). The zero-order valence-corrected chi connectivity index (χ0v) is 19.2. The predicted octanol–water partition coefficient (Wildman–Crippen LogP) is 4.94. The van der Waals surface area contributed by atoms with Crippen LogP contribution in [-0.2, 0) is 0 Å². The zero-order valence-electron chi connectivity index (χ0n) is 17.6. The van der Waals surface area contributed by atoms with Gasteiger partial charge in [0.25, 0.3) is 5.91 Å². The molecule has 0 N–H and O–H groups in total. The van der Waals surface area contributed by atoms with Crippen LogP contribution in [0.15, 0.2) is 36.4 Å². The van der Waals surface area contributed by atoms with Crippen LogP contribution in [0.4, 0.5) is 5.13 Å². The Hall–Kier alpha value is -2.15. The molecule has 1 amide bonds. The first-order valence-electron chi connectivity index (χ1n) is 9.38. The average molecular weight is 434 g/mol. The first-order valence-corrected chi connectivity index (χ1v) is 10.2. The zero-order chi connectivity index (χ0) is 20.3. The molecule has 1 heterocycles. The summed E-state index contributed by atoms with van der Waals surface area (Å²) in [5.74, 6) is 0.705. The molecule has 2 aromatic carbocycles. The number of fused-ring (bicyclic) bond motifs is 1. The summed E-state index contributed by atoms with van der Waals surface area (Å²) in [6, 6.07) is 11.5. The van der Waals surface area contributed by atoms with Crippen LogP contribution < -0.4 is 9.64 Å². The van der Waals surface area contributed by atoms with Crippen molar-refractivity contribution in [2.45, 2.75) is 20.3 Å². The van der Waals surface area contributed by atoms with E-state index in [1.54, 1.807) is 18.4 Å². The molecule has 5 nitrogen and oxygen atoms in total. The highest BCUT2D eigenvalue weighted by Gasteiger charge is 2.22. The fourth-order valence-electron chi connectivity index (χ4n) is 3.05. The number of rotatable bonds is 7. The van der Waals surface area contributed by atoms with Crippen molar-refractivity contribution in [3.63, 3.8) is 0 Å². The Morgan fingerprint density at radius 1 is 1.07 bits per heavy atom. The highest BCUT2D eigenvalue weighted by Crippen LogP contribution is 2.32. The lowest BCUT2D eigenvalue weighted by atomic mass is 10.1. The van der Waals surface area contributed by atoms with E-state index in [1.807, 2.05) is 43.3 Å². The van der Waals surface area contributed by atoms with Gasteiger partial charge in [-0.05, 0) is 82.4 Å². The molecule has 0 aliphatic heterocycles. The number of aromatic nitrogens is 1. The number of nitrogens with zero attached hydrogens (tertiary/aromatic N) is 3. The van der Waals surface area contributed by atoms with E-state index >= 15 is 0 Å². The highest BCUT2D eigenvalue weighted by atomic mass is 35.5. The SMILES string of the molecule is COc1ccc(C(=O)N(CCCN(C)C)c2nc3c(C)c(C)ccc3s2)cc1.Cl. The Kier molecular flexibility index (Phi) is 8.02. The molecule has 3 aromatic rings. The summed E-state index contributed by atoms with van der Waals surface area (Å²) >= 11 is 1.57. The van der Waals surface area contributed by atoms with E-state index < -0.39 is 0 Å². The quantitative estimate of drug-likeness (QED) is 0.529. The van der Waals surface area contributed by atoms with Crippen molar-refractivity contribution < 1.29 is 9.53 Å². The summed E-state index contributed by atoms with van der Waals surface area (Å²) in [4.78, 5) is 22.1. The van der Waals surface area contributed by atoms with Crippen LogP contribution in [0, 0.1) is 13.8 Å². The van der Waals surface area contributed by atoms with Crippen molar-refractivity contribution >= 4 is 45.0 Å². The van der Waals surface area contributed by atoms with Crippen LogP contribution >= 0.6 is 23.7 Å². The number of hydrogen-bond donors (Lipinski definition) is 0. The Balaban J connectivity index is 0.00000300. The normalized spacial score (nSPS) is 10.8. The van der Waals surface area contributed by atoms with Crippen molar-refractivity contribution in [2.24, 2.45) is 0 Å². The third-order valence-corrected chi connectivity index (χ3v) is 5.92. The topological polar surface area (TPSA) is 45.7 Å².